The predicted molar refractivity (Wildman–Crippen MR) is 50.1 cm³/mol. The molecule has 2 nitrogen and oxygen atoms in total. The normalized spacial score (nSPS) is 50.2. The molecule has 12 heavy (non-hydrogen) atoms. The standard InChI is InChI=1S/C9H10BrNO/c10-8-1-3-11-9(5-8)7-2-4-12-6-7/h1,3,5,7H,2,4,6H2/i2D2,4D2,6D2,7D. The summed E-state index contributed by atoms with van der Waals surface area (Å²) in [4.78, 5) is 3.81. The van der Waals surface area contributed by atoms with E-state index in [1.54, 1.807) is 6.07 Å². The van der Waals surface area contributed by atoms with E-state index in [-0.39, 0.29) is 5.69 Å². The second kappa shape index (κ2) is 3.54. The van der Waals surface area contributed by atoms with E-state index in [1.165, 1.54) is 12.3 Å². The highest BCUT2D eigenvalue weighted by Gasteiger charge is 2.18. The molecule has 0 amide bonds. The highest BCUT2D eigenvalue weighted by Crippen LogP contribution is 2.24. The molecule has 0 aliphatic carbocycles. The van der Waals surface area contributed by atoms with E-state index in [1.807, 2.05) is 0 Å². The predicted octanol–water partition coefficient (Wildman–Crippen LogP) is 2.35. The van der Waals surface area contributed by atoms with E-state index in [4.69, 9.17) is 9.60 Å². The molecule has 1 aliphatic heterocycles. The molecule has 0 bridgehead atoms. The minimum absolute atomic E-state index is 0.238. The summed E-state index contributed by atoms with van der Waals surface area (Å²) in [5, 5.41) is 0. The van der Waals surface area contributed by atoms with Gasteiger partial charge >= 0.3 is 0 Å². The van der Waals surface area contributed by atoms with E-state index < -0.39 is 25.4 Å². The van der Waals surface area contributed by atoms with Gasteiger partial charge < -0.3 is 4.74 Å². The lowest BCUT2D eigenvalue weighted by atomic mass is 10.0. The second-order valence-electron chi connectivity index (χ2n) is 2.17. The highest BCUT2D eigenvalue weighted by atomic mass is 79.9. The monoisotopic (exact) mass is 234 g/mol. The van der Waals surface area contributed by atoms with Crippen LogP contribution in [0.25, 0.3) is 0 Å². The molecule has 64 valence electrons. The fourth-order valence-electron chi connectivity index (χ4n) is 0.836. The maximum atomic E-state index is 8.18. The van der Waals surface area contributed by atoms with Crippen LogP contribution in [0.1, 0.15) is 27.6 Å². The molecule has 1 aliphatic rings. The van der Waals surface area contributed by atoms with Gasteiger partial charge in [0, 0.05) is 32.9 Å². The molecular formula is C9H10BrNO. The molecule has 3 heteroatoms. The maximum absolute atomic E-state index is 8.18. The zero-order chi connectivity index (χ0) is 14.7. The van der Waals surface area contributed by atoms with Crippen LogP contribution in [0.15, 0.2) is 22.8 Å². The van der Waals surface area contributed by atoms with Crippen molar-refractivity contribution in [2.75, 3.05) is 13.1 Å². The van der Waals surface area contributed by atoms with Crippen molar-refractivity contribution in [1.82, 2.24) is 4.98 Å². The Bertz CT molecular complexity index is 523. The molecule has 0 spiro atoms. The fraction of sp³-hybridized carbons (Fsp3) is 0.444. The van der Waals surface area contributed by atoms with Crippen LogP contribution in [0.3, 0.4) is 0 Å². The van der Waals surface area contributed by atoms with Crippen molar-refractivity contribution in [2.45, 2.75) is 12.3 Å². The Kier molecular flexibility index (Phi) is 0.999. The zero-order valence-electron chi connectivity index (χ0n) is 13.0. The third-order valence-electron chi connectivity index (χ3n) is 1.36. The topological polar surface area (TPSA) is 22.1 Å². The molecule has 0 saturated carbocycles. The molecule has 1 unspecified atom stereocenters. The molecule has 0 N–H and O–H groups in total. The first kappa shape index (κ1) is 3.39. The zero-order valence-corrected chi connectivity index (χ0v) is 7.55. The van der Waals surface area contributed by atoms with Crippen molar-refractivity contribution in [3.05, 3.63) is 28.5 Å². The first-order chi connectivity index (χ1) is 8.46. The third kappa shape index (κ3) is 1.67. The van der Waals surface area contributed by atoms with Crippen LogP contribution in [-0.2, 0) is 4.74 Å². The molecule has 0 aromatic carbocycles. The molecule has 1 fully saturated rings. The summed E-state index contributed by atoms with van der Waals surface area (Å²) in [6.45, 7) is -5.78. The summed E-state index contributed by atoms with van der Waals surface area (Å²) in [5.41, 5.74) is -0.238. The lowest BCUT2D eigenvalue weighted by Crippen LogP contribution is -1.99. The van der Waals surface area contributed by atoms with E-state index in [2.05, 4.69) is 25.7 Å². The van der Waals surface area contributed by atoms with Gasteiger partial charge in [-0.2, -0.15) is 0 Å². The Balaban J connectivity index is 2.70. The lowest BCUT2D eigenvalue weighted by molar-refractivity contribution is 0.193. The van der Waals surface area contributed by atoms with Crippen molar-refractivity contribution in [3.63, 3.8) is 0 Å². The number of nitrogens with zero attached hydrogens (tertiary/aromatic N) is 1. The van der Waals surface area contributed by atoms with Crippen molar-refractivity contribution in [2.24, 2.45) is 0 Å². The Morgan fingerprint density at radius 3 is 3.42 bits per heavy atom. The Labute approximate surface area is 89.9 Å². The lowest BCUT2D eigenvalue weighted by Gasteiger charge is -2.05. The summed E-state index contributed by atoms with van der Waals surface area (Å²) in [6.07, 6.45) is -1.62. The molecule has 0 radical (unpaired) electrons. The molecular weight excluding hydrogens is 218 g/mol. The average Bonchev–Trinajstić information content (AvgIpc) is 2.34. The Morgan fingerprint density at radius 2 is 2.75 bits per heavy atom. The number of aromatic nitrogens is 1. The number of ether oxygens (including phenoxy) is 1. The summed E-state index contributed by atoms with van der Waals surface area (Å²) in [5.74, 6) is -2.62. The van der Waals surface area contributed by atoms with Crippen LogP contribution in [0.4, 0.5) is 0 Å². The van der Waals surface area contributed by atoms with Gasteiger partial charge in [-0.3, -0.25) is 4.98 Å². The SMILES string of the molecule is [2H]C1([2H])OC([2H])([2H])C([2H])(c2cc(Br)ccn2)C1([2H])[2H]. The minimum Gasteiger partial charge on any atom is -0.381 e. The van der Waals surface area contributed by atoms with Crippen molar-refractivity contribution >= 4 is 15.9 Å². The summed E-state index contributed by atoms with van der Waals surface area (Å²) >= 11 is 3.13. The highest BCUT2D eigenvalue weighted by molar-refractivity contribution is 9.10. The van der Waals surface area contributed by atoms with Crippen LogP contribution in [0.5, 0.6) is 0 Å². The van der Waals surface area contributed by atoms with Gasteiger partial charge in [-0.25, -0.2) is 0 Å². The van der Waals surface area contributed by atoms with Crippen LogP contribution in [0.2, 0.25) is 0 Å². The van der Waals surface area contributed by atoms with Crippen LogP contribution >= 0.6 is 15.9 Å². The van der Waals surface area contributed by atoms with E-state index >= 15 is 0 Å². The van der Waals surface area contributed by atoms with Gasteiger partial charge in [0.05, 0.1) is 12.0 Å². The van der Waals surface area contributed by atoms with E-state index in [9.17, 15) is 0 Å². The van der Waals surface area contributed by atoms with E-state index in [0.717, 1.165) is 0 Å². The first-order valence-electron chi connectivity index (χ1n) is 6.78. The van der Waals surface area contributed by atoms with Crippen molar-refractivity contribution < 1.29 is 14.3 Å². The van der Waals surface area contributed by atoms with Crippen LogP contribution in [-0.4, -0.2) is 18.1 Å². The molecule has 1 atom stereocenters. The van der Waals surface area contributed by atoms with E-state index in [0.29, 0.717) is 4.47 Å². The van der Waals surface area contributed by atoms with Gasteiger partial charge in [0.2, 0.25) is 0 Å². The number of hydrogen-bond acceptors (Lipinski definition) is 2. The third-order valence-corrected chi connectivity index (χ3v) is 1.85. The number of rotatable bonds is 1. The summed E-state index contributed by atoms with van der Waals surface area (Å²) in [6, 6.07) is 2.83. The molecule has 1 aromatic heterocycles. The van der Waals surface area contributed by atoms with Gasteiger partial charge in [0.25, 0.3) is 0 Å². The molecule has 2 heterocycles. The first-order valence-corrected chi connectivity index (χ1v) is 4.07. The number of pyridine rings is 1. The second-order valence-corrected chi connectivity index (χ2v) is 3.08. The maximum Gasteiger partial charge on any atom is 0.0574 e. The van der Waals surface area contributed by atoms with Crippen LogP contribution < -0.4 is 0 Å². The molecule has 2 rings (SSSR count). The minimum atomic E-state index is -2.93. The largest absolute Gasteiger partial charge is 0.381 e. The number of hydrogen-bond donors (Lipinski definition) is 0. The van der Waals surface area contributed by atoms with Crippen molar-refractivity contribution in [3.8, 4) is 0 Å². The summed E-state index contributed by atoms with van der Waals surface area (Å²) in [7, 11) is 0. The van der Waals surface area contributed by atoms with Gasteiger partial charge in [-0.1, -0.05) is 15.9 Å². The summed E-state index contributed by atoms with van der Waals surface area (Å²) < 4.78 is 59.1. The van der Waals surface area contributed by atoms with Crippen molar-refractivity contribution in [1.29, 1.82) is 0 Å². The van der Waals surface area contributed by atoms with Gasteiger partial charge in [0.1, 0.15) is 0 Å². The molecule has 1 saturated heterocycles. The van der Waals surface area contributed by atoms with Gasteiger partial charge in [-0.05, 0) is 18.5 Å². The average molecular weight is 235 g/mol. The van der Waals surface area contributed by atoms with Crippen LogP contribution in [0, 0.1) is 0 Å². The smallest absolute Gasteiger partial charge is 0.0574 e. The Morgan fingerprint density at radius 1 is 1.83 bits per heavy atom. The van der Waals surface area contributed by atoms with Gasteiger partial charge in [0.15, 0.2) is 0 Å². The quantitative estimate of drug-likeness (QED) is 0.745. The fourth-order valence-corrected chi connectivity index (χ4v) is 1.17. The molecule has 1 aromatic rings. The Hall–Kier alpha value is -0.410. The number of halogens is 1. The van der Waals surface area contributed by atoms with Gasteiger partial charge in [-0.15, -0.1) is 0 Å².